The fraction of sp³-hybridized carbons (Fsp3) is 1.00. The molecule has 2 unspecified atom stereocenters. The molecule has 1 N–H and O–H groups in total. The smallest absolute Gasteiger partial charge is 0.0569 e. The first-order valence-electron chi connectivity index (χ1n) is 4.59. The molecule has 0 aromatic heterocycles. The summed E-state index contributed by atoms with van der Waals surface area (Å²) in [6.07, 6.45) is 1.82. The SMILES string of the molecule is CCN1C(C)CC(O)CC1C. The lowest BCUT2D eigenvalue weighted by atomic mass is 9.95. The molecule has 0 saturated carbocycles. The molecule has 1 aliphatic rings. The Morgan fingerprint density at radius 2 is 1.73 bits per heavy atom. The minimum Gasteiger partial charge on any atom is -0.393 e. The summed E-state index contributed by atoms with van der Waals surface area (Å²) < 4.78 is 0. The van der Waals surface area contributed by atoms with E-state index in [-0.39, 0.29) is 6.10 Å². The highest BCUT2D eigenvalue weighted by Gasteiger charge is 2.27. The molecule has 0 aliphatic carbocycles. The zero-order chi connectivity index (χ0) is 8.43. The molecule has 0 spiro atoms. The van der Waals surface area contributed by atoms with E-state index in [1.54, 1.807) is 0 Å². The third-order valence-electron chi connectivity index (χ3n) is 2.72. The summed E-state index contributed by atoms with van der Waals surface area (Å²) in [6, 6.07) is 1.11. The van der Waals surface area contributed by atoms with E-state index in [4.69, 9.17) is 0 Å². The molecule has 1 heterocycles. The molecule has 1 aliphatic heterocycles. The van der Waals surface area contributed by atoms with Gasteiger partial charge < -0.3 is 5.11 Å². The van der Waals surface area contributed by atoms with Crippen molar-refractivity contribution in [2.75, 3.05) is 6.54 Å². The summed E-state index contributed by atoms with van der Waals surface area (Å²) in [5.74, 6) is 0. The van der Waals surface area contributed by atoms with E-state index < -0.39 is 0 Å². The average molecular weight is 157 g/mol. The predicted octanol–water partition coefficient (Wildman–Crippen LogP) is 1.24. The standard InChI is InChI=1S/C9H19NO/c1-4-10-7(2)5-9(11)6-8(10)3/h7-9,11H,4-6H2,1-3H3. The summed E-state index contributed by atoms with van der Waals surface area (Å²) >= 11 is 0. The van der Waals surface area contributed by atoms with E-state index in [1.165, 1.54) is 0 Å². The number of aliphatic hydroxyl groups excluding tert-OH is 1. The van der Waals surface area contributed by atoms with Gasteiger partial charge in [0, 0.05) is 12.1 Å². The maximum Gasteiger partial charge on any atom is 0.0569 e. The number of hydrogen-bond acceptors (Lipinski definition) is 2. The number of hydrogen-bond donors (Lipinski definition) is 1. The lowest BCUT2D eigenvalue weighted by Gasteiger charge is -2.40. The third-order valence-corrected chi connectivity index (χ3v) is 2.72. The summed E-state index contributed by atoms with van der Waals surface area (Å²) in [7, 11) is 0. The van der Waals surface area contributed by atoms with Crippen molar-refractivity contribution in [1.82, 2.24) is 4.90 Å². The van der Waals surface area contributed by atoms with Crippen molar-refractivity contribution in [1.29, 1.82) is 0 Å². The highest BCUT2D eigenvalue weighted by atomic mass is 16.3. The molecule has 11 heavy (non-hydrogen) atoms. The van der Waals surface area contributed by atoms with E-state index in [0.29, 0.717) is 12.1 Å². The van der Waals surface area contributed by atoms with Crippen LogP contribution < -0.4 is 0 Å². The Balaban J connectivity index is 2.52. The van der Waals surface area contributed by atoms with Crippen molar-refractivity contribution in [2.45, 2.75) is 51.8 Å². The molecule has 1 rings (SSSR count). The van der Waals surface area contributed by atoms with Crippen LogP contribution in [0.5, 0.6) is 0 Å². The van der Waals surface area contributed by atoms with Gasteiger partial charge in [0.1, 0.15) is 0 Å². The maximum atomic E-state index is 9.44. The van der Waals surface area contributed by atoms with Crippen LogP contribution in [-0.2, 0) is 0 Å². The maximum absolute atomic E-state index is 9.44. The summed E-state index contributed by atoms with van der Waals surface area (Å²) in [4.78, 5) is 2.45. The molecule has 2 heteroatoms. The van der Waals surface area contributed by atoms with Crippen LogP contribution in [-0.4, -0.2) is 34.7 Å². The fourth-order valence-corrected chi connectivity index (χ4v) is 2.21. The molecule has 2 nitrogen and oxygen atoms in total. The Labute approximate surface area is 69.2 Å². The van der Waals surface area contributed by atoms with Crippen LogP contribution in [0, 0.1) is 0 Å². The fourth-order valence-electron chi connectivity index (χ4n) is 2.21. The highest BCUT2D eigenvalue weighted by molar-refractivity contribution is 4.83. The summed E-state index contributed by atoms with van der Waals surface area (Å²) in [5.41, 5.74) is 0. The molecule has 66 valence electrons. The second-order valence-corrected chi connectivity index (χ2v) is 3.65. The van der Waals surface area contributed by atoms with Gasteiger partial charge >= 0.3 is 0 Å². The van der Waals surface area contributed by atoms with E-state index in [9.17, 15) is 5.11 Å². The molecule has 0 radical (unpaired) electrons. The van der Waals surface area contributed by atoms with Gasteiger partial charge in [0.25, 0.3) is 0 Å². The number of aliphatic hydroxyl groups is 1. The van der Waals surface area contributed by atoms with E-state index in [2.05, 4.69) is 25.7 Å². The lowest BCUT2D eigenvalue weighted by molar-refractivity contribution is 0.0167. The molecule has 2 atom stereocenters. The van der Waals surface area contributed by atoms with Gasteiger partial charge in [-0.3, -0.25) is 4.90 Å². The van der Waals surface area contributed by atoms with Crippen LogP contribution in [0.1, 0.15) is 33.6 Å². The van der Waals surface area contributed by atoms with Gasteiger partial charge in [-0.05, 0) is 33.2 Å². The van der Waals surface area contributed by atoms with Crippen LogP contribution in [0.25, 0.3) is 0 Å². The number of nitrogens with zero attached hydrogens (tertiary/aromatic N) is 1. The molecule has 0 aromatic carbocycles. The number of likely N-dealkylation sites (tertiary alicyclic amines) is 1. The number of rotatable bonds is 1. The minimum absolute atomic E-state index is 0.0669. The average Bonchev–Trinajstić information content (AvgIpc) is 1.85. The van der Waals surface area contributed by atoms with E-state index in [1.807, 2.05) is 0 Å². The molecular weight excluding hydrogens is 138 g/mol. The largest absolute Gasteiger partial charge is 0.393 e. The van der Waals surface area contributed by atoms with Gasteiger partial charge in [-0.2, -0.15) is 0 Å². The van der Waals surface area contributed by atoms with Crippen molar-refractivity contribution < 1.29 is 5.11 Å². The Kier molecular flexibility index (Phi) is 2.90. The van der Waals surface area contributed by atoms with Crippen molar-refractivity contribution in [3.8, 4) is 0 Å². The minimum atomic E-state index is -0.0669. The zero-order valence-electron chi connectivity index (χ0n) is 7.75. The van der Waals surface area contributed by atoms with Crippen LogP contribution in [0.15, 0.2) is 0 Å². The van der Waals surface area contributed by atoms with Gasteiger partial charge in [0.15, 0.2) is 0 Å². The van der Waals surface area contributed by atoms with Gasteiger partial charge in [0.2, 0.25) is 0 Å². The van der Waals surface area contributed by atoms with E-state index in [0.717, 1.165) is 19.4 Å². The van der Waals surface area contributed by atoms with Crippen molar-refractivity contribution in [2.24, 2.45) is 0 Å². The Morgan fingerprint density at radius 3 is 2.09 bits per heavy atom. The summed E-state index contributed by atoms with van der Waals surface area (Å²) in [6.45, 7) is 7.69. The molecule has 0 aromatic rings. The Bertz CT molecular complexity index is 115. The van der Waals surface area contributed by atoms with Gasteiger partial charge in [0.05, 0.1) is 6.10 Å². The second kappa shape index (κ2) is 3.55. The Hall–Kier alpha value is -0.0800. The molecule has 1 fully saturated rings. The topological polar surface area (TPSA) is 23.5 Å². The lowest BCUT2D eigenvalue weighted by Crippen LogP contribution is -2.47. The number of piperidine rings is 1. The van der Waals surface area contributed by atoms with Crippen LogP contribution >= 0.6 is 0 Å². The molecular formula is C9H19NO. The molecule has 0 bridgehead atoms. The van der Waals surface area contributed by atoms with Crippen molar-refractivity contribution >= 4 is 0 Å². The zero-order valence-corrected chi connectivity index (χ0v) is 7.75. The van der Waals surface area contributed by atoms with Crippen LogP contribution in [0.4, 0.5) is 0 Å². The first-order valence-corrected chi connectivity index (χ1v) is 4.59. The first kappa shape index (κ1) is 9.01. The van der Waals surface area contributed by atoms with Crippen LogP contribution in [0.3, 0.4) is 0 Å². The summed E-state index contributed by atoms with van der Waals surface area (Å²) in [5, 5.41) is 9.44. The van der Waals surface area contributed by atoms with Gasteiger partial charge in [-0.15, -0.1) is 0 Å². The van der Waals surface area contributed by atoms with Crippen LogP contribution in [0.2, 0.25) is 0 Å². The predicted molar refractivity (Wildman–Crippen MR) is 46.5 cm³/mol. The third kappa shape index (κ3) is 1.94. The van der Waals surface area contributed by atoms with Crippen molar-refractivity contribution in [3.05, 3.63) is 0 Å². The van der Waals surface area contributed by atoms with Gasteiger partial charge in [-0.25, -0.2) is 0 Å². The normalized spacial score (nSPS) is 40.9. The van der Waals surface area contributed by atoms with Crippen molar-refractivity contribution in [3.63, 3.8) is 0 Å². The molecule has 1 saturated heterocycles. The van der Waals surface area contributed by atoms with E-state index >= 15 is 0 Å². The second-order valence-electron chi connectivity index (χ2n) is 3.65. The monoisotopic (exact) mass is 157 g/mol. The molecule has 0 amide bonds. The highest BCUT2D eigenvalue weighted by Crippen LogP contribution is 2.21. The first-order chi connectivity index (χ1) is 5.15. The van der Waals surface area contributed by atoms with Gasteiger partial charge in [-0.1, -0.05) is 6.92 Å². The quantitative estimate of drug-likeness (QED) is 0.619. The Morgan fingerprint density at radius 1 is 1.27 bits per heavy atom.